The standard InChI is InChI=1S/C11H18N2/c1-6-11(9(3)4)8-13-10(5)12-7-2/h6-9H,1H2,2-5H3/b11-8+,12-7?,13-10?. The lowest BCUT2D eigenvalue weighted by molar-refractivity contribution is 0.789. The van der Waals surface area contributed by atoms with Gasteiger partial charge in [0.05, 0.1) is 0 Å². The number of amidine groups is 1. The quantitative estimate of drug-likeness (QED) is 0.360. The van der Waals surface area contributed by atoms with Gasteiger partial charge in [-0.25, -0.2) is 9.98 Å². The highest BCUT2D eigenvalue weighted by Gasteiger charge is 1.96. The van der Waals surface area contributed by atoms with E-state index < -0.39 is 0 Å². The second-order valence-corrected chi connectivity index (χ2v) is 3.05. The molecule has 0 aliphatic heterocycles. The maximum absolute atomic E-state index is 4.19. The van der Waals surface area contributed by atoms with Crippen molar-refractivity contribution in [1.29, 1.82) is 0 Å². The lowest BCUT2D eigenvalue weighted by atomic mass is 10.1. The van der Waals surface area contributed by atoms with Crippen LogP contribution in [0.1, 0.15) is 27.7 Å². The molecule has 0 atom stereocenters. The zero-order valence-corrected chi connectivity index (χ0v) is 8.91. The van der Waals surface area contributed by atoms with Crippen molar-refractivity contribution in [1.82, 2.24) is 0 Å². The van der Waals surface area contributed by atoms with Gasteiger partial charge in [0, 0.05) is 12.4 Å². The topological polar surface area (TPSA) is 24.7 Å². The van der Waals surface area contributed by atoms with Gasteiger partial charge in [-0.3, -0.25) is 0 Å². The van der Waals surface area contributed by atoms with Crippen LogP contribution in [0.5, 0.6) is 0 Å². The van der Waals surface area contributed by atoms with Crippen LogP contribution in [0, 0.1) is 5.92 Å². The fraction of sp³-hybridized carbons (Fsp3) is 0.455. The Morgan fingerprint density at radius 1 is 1.38 bits per heavy atom. The molecule has 0 rings (SSSR count). The number of hydrogen-bond donors (Lipinski definition) is 0. The molecule has 0 fully saturated rings. The summed E-state index contributed by atoms with van der Waals surface area (Å²) in [5.41, 5.74) is 1.13. The smallest absolute Gasteiger partial charge is 0.124 e. The predicted molar refractivity (Wildman–Crippen MR) is 60.4 cm³/mol. The Labute approximate surface area is 80.8 Å². The molecule has 72 valence electrons. The zero-order chi connectivity index (χ0) is 10.3. The van der Waals surface area contributed by atoms with Crippen molar-refractivity contribution in [2.24, 2.45) is 15.9 Å². The molecule has 0 saturated carbocycles. The lowest BCUT2D eigenvalue weighted by Gasteiger charge is -2.02. The second-order valence-electron chi connectivity index (χ2n) is 3.05. The van der Waals surface area contributed by atoms with E-state index in [2.05, 4.69) is 30.4 Å². The summed E-state index contributed by atoms with van der Waals surface area (Å²) < 4.78 is 0. The summed E-state index contributed by atoms with van der Waals surface area (Å²) in [5.74, 6) is 1.22. The first kappa shape index (κ1) is 11.8. The van der Waals surface area contributed by atoms with Gasteiger partial charge in [-0.2, -0.15) is 0 Å². The highest BCUT2D eigenvalue weighted by Crippen LogP contribution is 2.09. The molecule has 0 heterocycles. The molecule has 0 unspecified atom stereocenters. The first-order valence-corrected chi connectivity index (χ1v) is 4.47. The summed E-state index contributed by atoms with van der Waals surface area (Å²) in [4.78, 5) is 8.23. The summed E-state index contributed by atoms with van der Waals surface area (Å²) in [6.07, 6.45) is 5.38. The lowest BCUT2D eigenvalue weighted by Crippen LogP contribution is -1.90. The molecule has 0 radical (unpaired) electrons. The van der Waals surface area contributed by atoms with Gasteiger partial charge < -0.3 is 0 Å². The summed E-state index contributed by atoms with van der Waals surface area (Å²) >= 11 is 0. The SMILES string of the molecule is C=C/C(=C\N=C(C)N=CC)C(C)C. The van der Waals surface area contributed by atoms with Crippen LogP contribution in [-0.4, -0.2) is 12.1 Å². The number of aliphatic imine (C=N–C) groups is 2. The molecule has 0 amide bonds. The van der Waals surface area contributed by atoms with Gasteiger partial charge in [0.1, 0.15) is 5.84 Å². The molecule has 0 aliphatic carbocycles. The molecule has 2 nitrogen and oxygen atoms in total. The Bertz CT molecular complexity index is 245. The predicted octanol–water partition coefficient (Wildman–Crippen LogP) is 3.22. The molecule has 0 aromatic rings. The first-order chi connectivity index (χ1) is 6.11. The van der Waals surface area contributed by atoms with E-state index in [0.29, 0.717) is 5.92 Å². The Morgan fingerprint density at radius 2 is 2.00 bits per heavy atom. The average molecular weight is 178 g/mol. The average Bonchev–Trinajstić information content (AvgIpc) is 2.05. The Hall–Kier alpha value is -1.18. The van der Waals surface area contributed by atoms with Crippen LogP contribution in [0.15, 0.2) is 34.4 Å². The number of nitrogens with zero attached hydrogens (tertiary/aromatic N) is 2. The van der Waals surface area contributed by atoms with E-state index in [-0.39, 0.29) is 0 Å². The van der Waals surface area contributed by atoms with Crippen molar-refractivity contribution in [3.05, 3.63) is 24.4 Å². The van der Waals surface area contributed by atoms with Crippen molar-refractivity contribution in [2.75, 3.05) is 0 Å². The monoisotopic (exact) mass is 178 g/mol. The first-order valence-electron chi connectivity index (χ1n) is 4.47. The summed E-state index contributed by atoms with van der Waals surface area (Å²) in [7, 11) is 0. The van der Waals surface area contributed by atoms with E-state index >= 15 is 0 Å². The summed E-state index contributed by atoms with van der Waals surface area (Å²) in [6.45, 7) is 11.7. The largest absolute Gasteiger partial charge is 0.246 e. The normalized spacial score (nSPS) is 14.2. The molecule has 0 spiro atoms. The maximum atomic E-state index is 4.19. The molecular formula is C11H18N2. The third-order valence-electron chi connectivity index (χ3n) is 1.62. The van der Waals surface area contributed by atoms with Gasteiger partial charge in [-0.05, 0) is 25.3 Å². The fourth-order valence-electron chi connectivity index (χ4n) is 0.826. The highest BCUT2D eigenvalue weighted by atomic mass is 14.9. The number of rotatable bonds is 3. The fourth-order valence-corrected chi connectivity index (χ4v) is 0.826. The van der Waals surface area contributed by atoms with Crippen LogP contribution < -0.4 is 0 Å². The van der Waals surface area contributed by atoms with E-state index in [4.69, 9.17) is 0 Å². The van der Waals surface area contributed by atoms with Gasteiger partial charge in [0.2, 0.25) is 0 Å². The van der Waals surface area contributed by atoms with Gasteiger partial charge in [-0.1, -0.05) is 26.5 Å². The molecule has 13 heavy (non-hydrogen) atoms. The highest BCUT2D eigenvalue weighted by molar-refractivity contribution is 5.87. The minimum atomic E-state index is 0.458. The Balaban J connectivity index is 4.53. The maximum Gasteiger partial charge on any atom is 0.124 e. The number of allylic oxidation sites excluding steroid dienone is 2. The van der Waals surface area contributed by atoms with Gasteiger partial charge in [0.15, 0.2) is 0 Å². The minimum absolute atomic E-state index is 0.458. The minimum Gasteiger partial charge on any atom is -0.246 e. The van der Waals surface area contributed by atoms with Crippen LogP contribution in [-0.2, 0) is 0 Å². The molecule has 2 heteroatoms. The van der Waals surface area contributed by atoms with Crippen LogP contribution in [0.3, 0.4) is 0 Å². The van der Waals surface area contributed by atoms with Gasteiger partial charge >= 0.3 is 0 Å². The van der Waals surface area contributed by atoms with Crippen molar-refractivity contribution in [3.8, 4) is 0 Å². The van der Waals surface area contributed by atoms with E-state index in [0.717, 1.165) is 11.4 Å². The summed E-state index contributed by atoms with van der Waals surface area (Å²) in [6, 6.07) is 0. The van der Waals surface area contributed by atoms with Gasteiger partial charge in [0.25, 0.3) is 0 Å². The van der Waals surface area contributed by atoms with Crippen molar-refractivity contribution >= 4 is 12.1 Å². The van der Waals surface area contributed by atoms with E-state index in [1.807, 2.05) is 26.1 Å². The zero-order valence-electron chi connectivity index (χ0n) is 8.91. The molecule has 0 aliphatic rings. The third-order valence-corrected chi connectivity index (χ3v) is 1.62. The van der Waals surface area contributed by atoms with Crippen LogP contribution in [0.2, 0.25) is 0 Å². The molecular weight excluding hydrogens is 160 g/mol. The van der Waals surface area contributed by atoms with Gasteiger partial charge in [-0.15, -0.1) is 0 Å². The van der Waals surface area contributed by atoms with E-state index in [9.17, 15) is 0 Å². The van der Waals surface area contributed by atoms with Crippen LogP contribution in [0.4, 0.5) is 0 Å². The van der Waals surface area contributed by atoms with E-state index in [1.54, 1.807) is 6.21 Å². The number of hydrogen-bond acceptors (Lipinski definition) is 1. The molecule has 0 saturated heterocycles. The van der Waals surface area contributed by atoms with Crippen molar-refractivity contribution in [2.45, 2.75) is 27.7 Å². The van der Waals surface area contributed by atoms with Crippen molar-refractivity contribution in [3.63, 3.8) is 0 Å². The van der Waals surface area contributed by atoms with E-state index in [1.165, 1.54) is 0 Å². The van der Waals surface area contributed by atoms with Crippen LogP contribution >= 0.6 is 0 Å². The Kier molecular flexibility index (Phi) is 5.77. The Morgan fingerprint density at radius 3 is 2.38 bits per heavy atom. The molecule has 0 aromatic heterocycles. The van der Waals surface area contributed by atoms with Crippen LogP contribution in [0.25, 0.3) is 0 Å². The molecule has 0 aromatic carbocycles. The molecule has 0 bridgehead atoms. The van der Waals surface area contributed by atoms with Crippen molar-refractivity contribution < 1.29 is 0 Å². The second kappa shape index (κ2) is 6.35. The molecule has 0 N–H and O–H groups in total. The summed E-state index contributed by atoms with van der Waals surface area (Å²) in [5, 5.41) is 0. The third kappa shape index (κ3) is 5.12.